The number of amides is 1. The summed E-state index contributed by atoms with van der Waals surface area (Å²) < 4.78 is 8.34. The second kappa shape index (κ2) is 9.06. The second-order valence-corrected chi connectivity index (χ2v) is 7.32. The Morgan fingerprint density at radius 1 is 1.13 bits per heavy atom. The molecule has 31 heavy (non-hydrogen) atoms. The molecule has 0 unspecified atom stereocenters. The van der Waals surface area contributed by atoms with Crippen molar-refractivity contribution in [2.75, 3.05) is 6.61 Å². The Balaban J connectivity index is 1.50. The topological polar surface area (TPSA) is 77.6 Å². The van der Waals surface area contributed by atoms with Gasteiger partial charge in [-0.05, 0) is 48.9 Å². The van der Waals surface area contributed by atoms with Gasteiger partial charge in [0.25, 0.3) is 5.56 Å². The predicted octanol–water partition coefficient (Wildman–Crippen LogP) is 3.53. The van der Waals surface area contributed by atoms with E-state index in [2.05, 4.69) is 10.4 Å². The van der Waals surface area contributed by atoms with Crippen LogP contribution in [-0.4, -0.2) is 26.7 Å². The van der Waals surface area contributed by atoms with E-state index in [9.17, 15) is 9.59 Å². The summed E-state index contributed by atoms with van der Waals surface area (Å²) in [5, 5.41) is 7.85. The molecule has 0 saturated heterocycles. The molecule has 2 aromatic heterocycles. The van der Waals surface area contributed by atoms with Crippen LogP contribution in [0.25, 0.3) is 16.8 Å². The molecule has 7 nitrogen and oxygen atoms in total. The van der Waals surface area contributed by atoms with Crippen LogP contribution in [0, 0.1) is 0 Å². The third kappa shape index (κ3) is 4.62. The number of nitrogens with zero attached hydrogens (tertiary/aromatic N) is 3. The van der Waals surface area contributed by atoms with E-state index in [-0.39, 0.29) is 18.0 Å². The van der Waals surface area contributed by atoms with Crippen LogP contribution in [0.5, 0.6) is 5.75 Å². The average Bonchev–Trinajstić information content (AvgIpc) is 3.21. The molecule has 0 radical (unpaired) electrons. The molecule has 4 rings (SSSR count). The summed E-state index contributed by atoms with van der Waals surface area (Å²) in [6.07, 6.45) is 3.22. The smallest absolute Gasteiger partial charge is 0.277 e. The third-order valence-corrected chi connectivity index (χ3v) is 5.18. The zero-order valence-electron chi connectivity index (χ0n) is 16.9. The number of carbonyl (C=O) groups is 1. The number of aromatic nitrogens is 3. The van der Waals surface area contributed by atoms with E-state index in [0.29, 0.717) is 29.4 Å². The van der Waals surface area contributed by atoms with E-state index in [4.69, 9.17) is 16.3 Å². The Bertz CT molecular complexity index is 1280. The van der Waals surface area contributed by atoms with E-state index < -0.39 is 0 Å². The van der Waals surface area contributed by atoms with Crippen molar-refractivity contribution < 1.29 is 9.53 Å². The molecule has 0 saturated carbocycles. The average molecular weight is 437 g/mol. The van der Waals surface area contributed by atoms with Crippen LogP contribution in [0.1, 0.15) is 12.5 Å². The van der Waals surface area contributed by atoms with Crippen LogP contribution in [-0.2, 0) is 17.9 Å². The van der Waals surface area contributed by atoms with Crippen LogP contribution in [0.3, 0.4) is 0 Å². The fourth-order valence-corrected chi connectivity index (χ4v) is 3.43. The van der Waals surface area contributed by atoms with Crippen molar-refractivity contribution in [1.29, 1.82) is 0 Å². The SMILES string of the molecule is CCOc1ccc(-c2cc3c(=O)n(CC(=O)NCc4ccccc4Cl)ccn3n2)cc1. The fourth-order valence-electron chi connectivity index (χ4n) is 3.23. The molecule has 1 N–H and O–H groups in total. The van der Waals surface area contributed by atoms with Crippen molar-refractivity contribution in [3.8, 4) is 17.0 Å². The lowest BCUT2D eigenvalue weighted by atomic mass is 10.1. The quantitative estimate of drug-likeness (QED) is 0.480. The van der Waals surface area contributed by atoms with Gasteiger partial charge in [-0.3, -0.25) is 9.59 Å². The maximum atomic E-state index is 12.9. The summed E-state index contributed by atoms with van der Waals surface area (Å²) in [5.41, 5.74) is 2.46. The van der Waals surface area contributed by atoms with Gasteiger partial charge >= 0.3 is 0 Å². The highest BCUT2D eigenvalue weighted by atomic mass is 35.5. The first-order valence-corrected chi connectivity index (χ1v) is 10.2. The van der Waals surface area contributed by atoms with Crippen molar-refractivity contribution in [3.05, 3.63) is 87.9 Å². The Hall–Kier alpha value is -3.58. The van der Waals surface area contributed by atoms with Crippen molar-refractivity contribution in [3.63, 3.8) is 0 Å². The first-order chi connectivity index (χ1) is 15.0. The summed E-state index contributed by atoms with van der Waals surface area (Å²) in [4.78, 5) is 25.2. The van der Waals surface area contributed by atoms with Crippen LogP contribution >= 0.6 is 11.6 Å². The third-order valence-electron chi connectivity index (χ3n) is 4.81. The zero-order chi connectivity index (χ0) is 21.8. The number of fused-ring (bicyclic) bond motifs is 1. The molecule has 0 bridgehead atoms. The highest BCUT2D eigenvalue weighted by Crippen LogP contribution is 2.22. The van der Waals surface area contributed by atoms with Crippen molar-refractivity contribution in [1.82, 2.24) is 19.5 Å². The van der Waals surface area contributed by atoms with E-state index in [0.717, 1.165) is 16.9 Å². The number of ether oxygens (including phenoxy) is 1. The molecule has 0 aliphatic carbocycles. The van der Waals surface area contributed by atoms with Gasteiger partial charge in [0.15, 0.2) is 0 Å². The lowest BCUT2D eigenvalue weighted by molar-refractivity contribution is -0.121. The first-order valence-electron chi connectivity index (χ1n) is 9.87. The van der Waals surface area contributed by atoms with Gasteiger partial charge < -0.3 is 14.6 Å². The van der Waals surface area contributed by atoms with Gasteiger partial charge in [0, 0.05) is 29.5 Å². The molecule has 0 aliphatic heterocycles. The van der Waals surface area contributed by atoms with Crippen molar-refractivity contribution in [2.24, 2.45) is 0 Å². The van der Waals surface area contributed by atoms with Gasteiger partial charge in [0.1, 0.15) is 17.8 Å². The minimum absolute atomic E-state index is 0.0939. The Kier molecular flexibility index (Phi) is 6.04. The number of carbonyl (C=O) groups excluding carboxylic acids is 1. The summed E-state index contributed by atoms with van der Waals surface area (Å²) in [7, 11) is 0. The molecule has 0 atom stereocenters. The molecule has 1 amide bonds. The summed E-state index contributed by atoms with van der Waals surface area (Å²) in [6, 6.07) is 16.5. The number of rotatable bonds is 7. The lowest BCUT2D eigenvalue weighted by Gasteiger charge is -2.08. The molecule has 4 aromatic rings. The van der Waals surface area contributed by atoms with Crippen molar-refractivity contribution in [2.45, 2.75) is 20.0 Å². The number of nitrogens with one attached hydrogen (secondary N) is 1. The van der Waals surface area contributed by atoms with E-state index in [1.54, 1.807) is 24.5 Å². The van der Waals surface area contributed by atoms with Crippen LogP contribution in [0.2, 0.25) is 5.02 Å². The Morgan fingerprint density at radius 2 is 1.90 bits per heavy atom. The zero-order valence-corrected chi connectivity index (χ0v) is 17.7. The van der Waals surface area contributed by atoms with Gasteiger partial charge in [-0.2, -0.15) is 5.10 Å². The Labute approximate surface area is 183 Å². The number of hydrogen-bond donors (Lipinski definition) is 1. The highest BCUT2D eigenvalue weighted by Gasteiger charge is 2.12. The second-order valence-electron chi connectivity index (χ2n) is 6.92. The molecule has 0 fully saturated rings. The minimum atomic E-state index is -0.292. The fraction of sp³-hybridized carbons (Fsp3) is 0.174. The van der Waals surface area contributed by atoms with Gasteiger partial charge in [-0.1, -0.05) is 29.8 Å². The molecule has 8 heteroatoms. The Morgan fingerprint density at radius 3 is 2.65 bits per heavy atom. The minimum Gasteiger partial charge on any atom is -0.494 e. The van der Waals surface area contributed by atoms with E-state index >= 15 is 0 Å². The van der Waals surface area contributed by atoms with Crippen LogP contribution in [0.4, 0.5) is 0 Å². The molecule has 2 heterocycles. The van der Waals surface area contributed by atoms with Gasteiger partial charge in [-0.25, -0.2) is 4.52 Å². The summed E-state index contributed by atoms with van der Waals surface area (Å²) in [5.74, 6) is 0.498. The molecule has 0 spiro atoms. The highest BCUT2D eigenvalue weighted by molar-refractivity contribution is 6.31. The van der Waals surface area contributed by atoms with Crippen molar-refractivity contribution >= 4 is 23.0 Å². The molecular weight excluding hydrogens is 416 g/mol. The van der Waals surface area contributed by atoms with Crippen LogP contribution < -0.4 is 15.6 Å². The molecule has 2 aromatic carbocycles. The van der Waals surface area contributed by atoms with Crippen LogP contribution in [0.15, 0.2) is 71.8 Å². The standard InChI is InChI=1S/C23H21ClN4O3/c1-2-31-18-9-7-16(8-10-18)20-13-21-23(30)27(11-12-28(21)26-20)15-22(29)25-14-17-5-3-4-6-19(17)24/h3-13H,2,14-15H2,1H3,(H,25,29). The maximum Gasteiger partial charge on any atom is 0.277 e. The van der Waals surface area contributed by atoms with E-state index in [1.807, 2.05) is 49.4 Å². The van der Waals surface area contributed by atoms with Gasteiger partial charge in [-0.15, -0.1) is 0 Å². The monoisotopic (exact) mass is 436 g/mol. The first kappa shape index (κ1) is 20.7. The number of halogens is 1. The van der Waals surface area contributed by atoms with E-state index in [1.165, 1.54) is 9.08 Å². The van der Waals surface area contributed by atoms with Gasteiger partial charge in [0.2, 0.25) is 5.91 Å². The van der Waals surface area contributed by atoms with Gasteiger partial charge in [0.05, 0.1) is 12.3 Å². The number of hydrogen-bond acceptors (Lipinski definition) is 4. The molecule has 0 aliphatic rings. The predicted molar refractivity (Wildman–Crippen MR) is 119 cm³/mol. The summed E-state index contributed by atoms with van der Waals surface area (Å²) >= 11 is 6.11. The largest absolute Gasteiger partial charge is 0.494 e. The maximum absolute atomic E-state index is 12.9. The molecule has 158 valence electrons. The lowest BCUT2D eigenvalue weighted by Crippen LogP contribution is -2.32. The summed E-state index contributed by atoms with van der Waals surface area (Å²) in [6.45, 7) is 2.73. The number of benzene rings is 2. The normalized spacial score (nSPS) is 10.9. The molecular formula is C23H21ClN4O3.